The highest BCUT2D eigenvalue weighted by atomic mass is 32.2. The molecule has 2 aromatic carbocycles. The largest absolute Gasteiger partial charge is 0.334 e. The lowest BCUT2D eigenvalue weighted by molar-refractivity contribution is -0.119. The number of thioether (sulfide) groups is 1. The summed E-state index contributed by atoms with van der Waals surface area (Å²) < 4.78 is 2.02. The first-order valence-electron chi connectivity index (χ1n) is 9.40. The van der Waals surface area contributed by atoms with Crippen molar-refractivity contribution in [1.82, 2.24) is 25.4 Å². The van der Waals surface area contributed by atoms with E-state index in [2.05, 4.69) is 20.8 Å². The predicted molar refractivity (Wildman–Crippen MR) is 113 cm³/mol. The fraction of sp³-hybridized carbons (Fsp3) is 0.238. The standard InChI is InChI=1S/C21H23N5O2S/c1-2-26-19(17-11-7-4-8-12-17)24-25-21(26)29-14-13-18(27)23-20(28)22-15-16-9-5-3-6-10-16/h3-12H,2,13-15H2,1H3,(H2,22,23,27,28). The van der Waals surface area contributed by atoms with Crippen LogP contribution in [0.4, 0.5) is 4.79 Å². The molecule has 0 aliphatic carbocycles. The number of hydrogen-bond acceptors (Lipinski definition) is 5. The second-order valence-electron chi connectivity index (χ2n) is 6.23. The Morgan fingerprint density at radius 3 is 2.38 bits per heavy atom. The Hall–Kier alpha value is -3.13. The summed E-state index contributed by atoms with van der Waals surface area (Å²) in [6.45, 7) is 3.13. The molecular formula is C21H23N5O2S. The van der Waals surface area contributed by atoms with Gasteiger partial charge in [0.2, 0.25) is 5.91 Å². The van der Waals surface area contributed by atoms with Crippen LogP contribution in [0.3, 0.4) is 0 Å². The van der Waals surface area contributed by atoms with Gasteiger partial charge < -0.3 is 9.88 Å². The van der Waals surface area contributed by atoms with Gasteiger partial charge in [0.15, 0.2) is 11.0 Å². The van der Waals surface area contributed by atoms with E-state index in [1.54, 1.807) is 0 Å². The normalized spacial score (nSPS) is 10.5. The Labute approximate surface area is 173 Å². The van der Waals surface area contributed by atoms with Crippen molar-refractivity contribution in [3.63, 3.8) is 0 Å². The Morgan fingerprint density at radius 1 is 1.00 bits per heavy atom. The molecule has 0 aliphatic rings. The van der Waals surface area contributed by atoms with Crippen LogP contribution < -0.4 is 10.6 Å². The van der Waals surface area contributed by atoms with Gasteiger partial charge in [-0.2, -0.15) is 0 Å². The lowest BCUT2D eigenvalue weighted by atomic mass is 10.2. The van der Waals surface area contributed by atoms with Gasteiger partial charge >= 0.3 is 6.03 Å². The minimum absolute atomic E-state index is 0.209. The quantitative estimate of drug-likeness (QED) is 0.556. The van der Waals surface area contributed by atoms with E-state index in [1.807, 2.05) is 72.2 Å². The number of aromatic nitrogens is 3. The second kappa shape index (κ2) is 10.4. The summed E-state index contributed by atoms with van der Waals surface area (Å²) in [6, 6.07) is 18.9. The van der Waals surface area contributed by atoms with Gasteiger partial charge in [0.25, 0.3) is 0 Å². The van der Waals surface area contributed by atoms with E-state index < -0.39 is 6.03 Å². The van der Waals surface area contributed by atoms with Crippen molar-refractivity contribution in [2.24, 2.45) is 0 Å². The van der Waals surface area contributed by atoms with Gasteiger partial charge in [-0.15, -0.1) is 10.2 Å². The van der Waals surface area contributed by atoms with Crippen LogP contribution in [0.5, 0.6) is 0 Å². The lowest BCUT2D eigenvalue weighted by Crippen LogP contribution is -2.39. The molecule has 8 heteroatoms. The number of nitrogens with zero attached hydrogens (tertiary/aromatic N) is 3. The minimum Gasteiger partial charge on any atom is -0.334 e. The minimum atomic E-state index is -0.494. The number of urea groups is 1. The number of nitrogens with one attached hydrogen (secondary N) is 2. The van der Waals surface area contributed by atoms with Crippen molar-refractivity contribution < 1.29 is 9.59 Å². The number of rotatable bonds is 8. The third kappa shape index (κ3) is 5.92. The van der Waals surface area contributed by atoms with Crippen molar-refractivity contribution in [2.45, 2.75) is 31.6 Å². The van der Waals surface area contributed by atoms with E-state index in [-0.39, 0.29) is 12.3 Å². The molecule has 3 aromatic rings. The lowest BCUT2D eigenvalue weighted by Gasteiger charge is -2.08. The van der Waals surface area contributed by atoms with Crippen LogP contribution in [0, 0.1) is 0 Å². The summed E-state index contributed by atoms with van der Waals surface area (Å²) in [5.41, 5.74) is 1.97. The molecule has 29 heavy (non-hydrogen) atoms. The number of benzene rings is 2. The summed E-state index contributed by atoms with van der Waals surface area (Å²) >= 11 is 1.45. The molecule has 0 saturated heterocycles. The van der Waals surface area contributed by atoms with Crippen LogP contribution in [-0.2, 0) is 17.9 Å². The van der Waals surface area contributed by atoms with Crippen molar-refractivity contribution in [2.75, 3.05) is 5.75 Å². The molecule has 0 atom stereocenters. The highest BCUT2D eigenvalue weighted by Crippen LogP contribution is 2.24. The van der Waals surface area contributed by atoms with Crippen LogP contribution in [0.2, 0.25) is 0 Å². The number of imide groups is 1. The van der Waals surface area contributed by atoms with Gasteiger partial charge in [-0.25, -0.2) is 4.79 Å². The number of carbonyl (C=O) groups excluding carboxylic acids is 2. The first-order chi connectivity index (χ1) is 14.2. The molecule has 0 fully saturated rings. The summed E-state index contributed by atoms with van der Waals surface area (Å²) in [5.74, 6) is 0.985. The molecule has 0 bridgehead atoms. The highest BCUT2D eigenvalue weighted by Gasteiger charge is 2.14. The van der Waals surface area contributed by atoms with Crippen LogP contribution in [0.15, 0.2) is 65.8 Å². The molecular weight excluding hydrogens is 386 g/mol. The SMILES string of the molecule is CCn1c(SCCC(=O)NC(=O)NCc2ccccc2)nnc1-c1ccccc1. The zero-order valence-corrected chi connectivity index (χ0v) is 17.0. The van der Waals surface area contributed by atoms with E-state index in [4.69, 9.17) is 0 Å². The predicted octanol–water partition coefficient (Wildman–Crippen LogP) is 3.47. The van der Waals surface area contributed by atoms with E-state index in [0.29, 0.717) is 12.3 Å². The van der Waals surface area contributed by atoms with Gasteiger partial charge in [0.05, 0.1) is 0 Å². The molecule has 0 radical (unpaired) electrons. The van der Waals surface area contributed by atoms with Gasteiger partial charge in [0.1, 0.15) is 0 Å². The smallest absolute Gasteiger partial charge is 0.321 e. The van der Waals surface area contributed by atoms with E-state index >= 15 is 0 Å². The molecule has 150 valence electrons. The zero-order chi connectivity index (χ0) is 20.5. The fourth-order valence-electron chi connectivity index (χ4n) is 2.73. The summed E-state index contributed by atoms with van der Waals surface area (Å²) in [6.07, 6.45) is 0.209. The Bertz CT molecular complexity index is 944. The van der Waals surface area contributed by atoms with Crippen LogP contribution in [-0.4, -0.2) is 32.5 Å². The van der Waals surface area contributed by atoms with Gasteiger partial charge in [-0.3, -0.25) is 10.1 Å². The molecule has 3 rings (SSSR count). The van der Waals surface area contributed by atoms with Crippen LogP contribution in [0.25, 0.3) is 11.4 Å². The van der Waals surface area contributed by atoms with Gasteiger partial charge in [0, 0.05) is 30.8 Å². The summed E-state index contributed by atoms with van der Waals surface area (Å²) in [4.78, 5) is 23.9. The molecule has 0 unspecified atom stereocenters. The van der Waals surface area contributed by atoms with Gasteiger partial charge in [-0.05, 0) is 12.5 Å². The topological polar surface area (TPSA) is 88.9 Å². The number of hydrogen-bond donors (Lipinski definition) is 2. The maximum Gasteiger partial charge on any atom is 0.321 e. The molecule has 0 saturated carbocycles. The van der Waals surface area contributed by atoms with Crippen LogP contribution in [0.1, 0.15) is 18.9 Å². The molecule has 1 heterocycles. The third-order valence-electron chi connectivity index (χ3n) is 4.17. The Balaban J connectivity index is 1.45. The zero-order valence-electron chi connectivity index (χ0n) is 16.2. The number of carbonyl (C=O) groups is 2. The average Bonchev–Trinajstić information content (AvgIpc) is 3.16. The third-order valence-corrected chi connectivity index (χ3v) is 5.14. The maximum atomic E-state index is 12.0. The van der Waals surface area contributed by atoms with Crippen molar-refractivity contribution in [3.05, 3.63) is 66.2 Å². The Morgan fingerprint density at radius 2 is 1.69 bits per heavy atom. The molecule has 0 aliphatic heterocycles. The maximum absolute atomic E-state index is 12.0. The fourth-order valence-corrected chi connectivity index (χ4v) is 3.67. The van der Waals surface area contributed by atoms with E-state index in [9.17, 15) is 9.59 Å². The first-order valence-corrected chi connectivity index (χ1v) is 10.4. The Kier molecular flexibility index (Phi) is 7.40. The van der Waals surface area contributed by atoms with Crippen molar-refractivity contribution >= 4 is 23.7 Å². The second-order valence-corrected chi connectivity index (χ2v) is 7.29. The summed E-state index contributed by atoms with van der Waals surface area (Å²) in [7, 11) is 0. The highest BCUT2D eigenvalue weighted by molar-refractivity contribution is 7.99. The monoisotopic (exact) mass is 409 g/mol. The molecule has 0 spiro atoms. The molecule has 1 aromatic heterocycles. The van der Waals surface area contributed by atoms with Crippen LogP contribution >= 0.6 is 11.8 Å². The van der Waals surface area contributed by atoms with Gasteiger partial charge in [-0.1, -0.05) is 72.4 Å². The van der Waals surface area contributed by atoms with Crippen molar-refractivity contribution in [1.29, 1.82) is 0 Å². The van der Waals surface area contributed by atoms with E-state index in [1.165, 1.54) is 11.8 Å². The van der Waals surface area contributed by atoms with E-state index in [0.717, 1.165) is 28.7 Å². The first kappa shape index (κ1) is 20.6. The molecule has 2 N–H and O–H groups in total. The molecule has 7 nitrogen and oxygen atoms in total. The summed E-state index contributed by atoms with van der Waals surface area (Å²) in [5, 5.41) is 14.3. The molecule has 3 amide bonds. The average molecular weight is 410 g/mol. The van der Waals surface area contributed by atoms with Crippen molar-refractivity contribution in [3.8, 4) is 11.4 Å². The number of amides is 3.